The Bertz CT molecular complexity index is 581. The molecular formula is C14H18N4O2. The van der Waals surface area contributed by atoms with Crippen LogP contribution in [0.3, 0.4) is 0 Å². The van der Waals surface area contributed by atoms with Crippen molar-refractivity contribution < 1.29 is 9.21 Å². The summed E-state index contributed by atoms with van der Waals surface area (Å²) in [6.45, 7) is 3.90. The van der Waals surface area contributed by atoms with Gasteiger partial charge in [0.15, 0.2) is 0 Å². The number of hydrogen-bond acceptors (Lipinski definition) is 5. The summed E-state index contributed by atoms with van der Waals surface area (Å²) in [5, 5.41) is 10.3. The number of aromatic nitrogens is 2. The molecule has 20 heavy (non-hydrogen) atoms. The highest BCUT2D eigenvalue weighted by Crippen LogP contribution is 2.23. The van der Waals surface area contributed by atoms with Crippen LogP contribution in [0.4, 0.5) is 5.69 Å². The Morgan fingerprint density at radius 1 is 1.50 bits per heavy atom. The van der Waals surface area contributed by atoms with E-state index in [4.69, 9.17) is 10.2 Å². The van der Waals surface area contributed by atoms with Gasteiger partial charge in [-0.25, -0.2) is 0 Å². The maximum Gasteiger partial charge on any atom is 0.247 e. The van der Waals surface area contributed by atoms with Crippen molar-refractivity contribution in [1.29, 1.82) is 0 Å². The number of nitrogens with two attached hydrogens (primary N) is 1. The van der Waals surface area contributed by atoms with Gasteiger partial charge in [0.2, 0.25) is 18.2 Å². The van der Waals surface area contributed by atoms with E-state index in [-0.39, 0.29) is 5.91 Å². The second-order valence-corrected chi connectivity index (χ2v) is 4.66. The second kappa shape index (κ2) is 6.29. The van der Waals surface area contributed by atoms with Crippen LogP contribution in [0.5, 0.6) is 0 Å². The lowest BCUT2D eigenvalue weighted by Gasteiger charge is -2.13. The molecule has 6 heteroatoms. The second-order valence-electron chi connectivity index (χ2n) is 4.66. The predicted octanol–water partition coefficient (Wildman–Crippen LogP) is 2.11. The molecule has 1 aromatic heterocycles. The molecule has 2 aromatic rings. The molecule has 0 saturated carbocycles. The van der Waals surface area contributed by atoms with Crippen LogP contribution in [0.2, 0.25) is 0 Å². The van der Waals surface area contributed by atoms with Crippen LogP contribution < -0.4 is 11.1 Å². The first kappa shape index (κ1) is 14.2. The summed E-state index contributed by atoms with van der Waals surface area (Å²) >= 11 is 0. The van der Waals surface area contributed by atoms with Crippen LogP contribution in [0, 0.1) is 6.92 Å². The summed E-state index contributed by atoms with van der Waals surface area (Å²) in [7, 11) is 0. The maximum atomic E-state index is 11.9. The Kier molecular flexibility index (Phi) is 4.47. The summed E-state index contributed by atoms with van der Waals surface area (Å²) in [6, 6.07) is 5.04. The van der Waals surface area contributed by atoms with Gasteiger partial charge in [-0.1, -0.05) is 13.3 Å². The lowest BCUT2D eigenvalue weighted by atomic mass is 10.1. The molecule has 0 aliphatic heterocycles. The summed E-state index contributed by atoms with van der Waals surface area (Å²) in [6.07, 6.45) is 2.83. The van der Waals surface area contributed by atoms with Crippen molar-refractivity contribution in [2.75, 3.05) is 5.32 Å². The molecule has 0 unspecified atom stereocenters. The number of nitrogens with zero attached hydrogens (tertiary/aromatic N) is 2. The van der Waals surface area contributed by atoms with Crippen molar-refractivity contribution in [3.63, 3.8) is 0 Å². The molecule has 0 radical (unpaired) electrons. The summed E-state index contributed by atoms with van der Waals surface area (Å²) in [5.74, 6) is 0.286. The third kappa shape index (κ3) is 3.21. The Labute approximate surface area is 117 Å². The number of rotatable bonds is 5. The summed E-state index contributed by atoms with van der Waals surface area (Å²) in [4.78, 5) is 11.9. The molecule has 3 N–H and O–H groups in total. The first-order valence-electron chi connectivity index (χ1n) is 6.55. The average molecular weight is 274 g/mol. The van der Waals surface area contributed by atoms with Gasteiger partial charge < -0.3 is 15.5 Å². The predicted molar refractivity (Wildman–Crippen MR) is 76.0 cm³/mol. The van der Waals surface area contributed by atoms with Crippen LogP contribution in [-0.4, -0.2) is 22.1 Å². The molecule has 0 fully saturated rings. The molecule has 0 aliphatic carbocycles. The zero-order valence-corrected chi connectivity index (χ0v) is 11.6. The Hall–Kier alpha value is -2.21. The Morgan fingerprint density at radius 2 is 2.30 bits per heavy atom. The molecule has 1 atom stereocenters. The minimum Gasteiger partial charge on any atom is -0.423 e. The van der Waals surface area contributed by atoms with Crippen molar-refractivity contribution in [3.8, 4) is 11.5 Å². The van der Waals surface area contributed by atoms with E-state index in [0.717, 1.165) is 23.2 Å². The standard InChI is InChI=1S/C14H18N4O2/c1-3-4-11(15)13(19)17-12-6-5-10(7-9(12)2)14-18-16-8-20-14/h5-8,11H,3-4,15H2,1-2H3,(H,17,19)/t11-/m1/s1. The summed E-state index contributed by atoms with van der Waals surface area (Å²) in [5.41, 5.74) is 8.26. The normalized spacial score (nSPS) is 12.2. The van der Waals surface area contributed by atoms with Crippen molar-refractivity contribution in [2.45, 2.75) is 32.7 Å². The Morgan fingerprint density at radius 3 is 2.90 bits per heavy atom. The molecule has 106 valence electrons. The third-order valence-corrected chi connectivity index (χ3v) is 3.03. The fourth-order valence-electron chi connectivity index (χ4n) is 1.90. The van der Waals surface area contributed by atoms with Gasteiger partial charge in [-0.15, -0.1) is 10.2 Å². The quantitative estimate of drug-likeness (QED) is 0.870. The lowest BCUT2D eigenvalue weighted by molar-refractivity contribution is -0.117. The number of anilines is 1. The number of nitrogens with one attached hydrogen (secondary N) is 1. The highest BCUT2D eigenvalue weighted by molar-refractivity contribution is 5.95. The van der Waals surface area contributed by atoms with Gasteiger partial charge in [-0.05, 0) is 37.1 Å². The third-order valence-electron chi connectivity index (χ3n) is 3.03. The van der Waals surface area contributed by atoms with Gasteiger partial charge in [-0.3, -0.25) is 4.79 Å². The van der Waals surface area contributed by atoms with Gasteiger partial charge in [-0.2, -0.15) is 0 Å². The number of benzene rings is 1. The summed E-state index contributed by atoms with van der Waals surface area (Å²) < 4.78 is 5.14. The van der Waals surface area contributed by atoms with E-state index < -0.39 is 6.04 Å². The average Bonchev–Trinajstić information content (AvgIpc) is 2.95. The number of aryl methyl sites for hydroxylation is 1. The first-order valence-corrected chi connectivity index (χ1v) is 6.55. The minimum absolute atomic E-state index is 0.166. The largest absolute Gasteiger partial charge is 0.423 e. The van der Waals surface area contributed by atoms with Gasteiger partial charge in [0.05, 0.1) is 6.04 Å². The number of hydrogen-bond donors (Lipinski definition) is 2. The molecule has 0 bridgehead atoms. The molecular weight excluding hydrogens is 256 g/mol. The van der Waals surface area contributed by atoms with E-state index in [1.165, 1.54) is 6.39 Å². The van der Waals surface area contributed by atoms with E-state index in [9.17, 15) is 4.79 Å². The smallest absolute Gasteiger partial charge is 0.247 e. The SMILES string of the molecule is CCC[C@@H](N)C(=O)Nc1ccc(-c2nnco2)cc1C. The van der Waals surface area contributed by atoms with Crippen LogP contribution in [-0.2, 0) is 4.79 Å². The fourth-order valence-corrected chi connectivity index (χ4v) is 1.90. The topological polar surface area (TPSA) is 94.0 Å². The van der Waals surface area contributed by atoms with Gasteiger partial charge >= 0.3 is 0 Å². The molecule has 0 saturated heterocycles. The van der Waals surface area contributed by atoms with E-state index in [0.29, 0.717) is 12.3 Å². The fraction of sp³-hybridized carbons (Fsp3) is 0.357. The maximum absolute atomic E-state index is 11.9. The van der Waals surface area contributed by atoms with E-state index >= 15 is 0 Å². The number of carbonyl (C=O) groups excluding carboxylic acids is 1. The van der Waals surface area contributed by atoms with E-state index in [2.05, 4.69) is 15.5 Å². The van der Waals surface area contributed by atoms with E-state index in [1.54, 1.807) is 0 Å². The number of carbonyl (C=O) groups is 1. The van der Waals surface area contributed by atoms with Crippen LogP contribution in [0.15, 0.2) is 29.0 Å². The van der Waals surface area contributed by atoms with Gasteiger partial charge in [0, 0.05) is 11.3 Å². The molecule has 1 aromatic carbocycles. The van der Waals surface area contributed by atoms with Crippen molar-refractivity contribution >= 4 is 11.6 Å². The highest BCUT2D eigenvalue weighted by Gasteiger charge is 2.14. The van der Waals surface area contributed by atoms with Crippen molar-refractivity contribution in [2.24, 2.45) is 5.73 Å². The molecule has 1 amide bonds. The van der Waals surface area contributed by atoms with E-state index in [1.807, 2.05) is 32.0 Å². The number of amides is 1. The minimum atomic E-state index is -0.477. The lowest BCUT2D eigenvalue weighted by Crippen LogP contribution is -2.35. The molecule has 1 heterocycles. The first-order chi connectivity index (χ1) is 9.61. The van der Waals surface area contributed by atoms with Crippen LogP contribution >= 0.6 is 0 Å². The van der Waals surface area contributed by atoms with Gasteiger partial charge in [0.1, 0.15) is 0 Å². The van der Waals surface area contributed by atoms with Crippen molar-refractivity contribution in [1.82, 2.24) is 10.2 Å². The van der Waals surface area contributed by atoms with Crippen molar-refractivity contribution in [3.05, 3.63) is 30.2 Å². The zero-order chi connectivity index (χ0) is 14.5. The zero-order valence-electron chi connectivity index (χ0n) is 11.6. The van der Waals surface area contributed by atoms with Gasteiger partial charge in [0.25, 0.3) is 0 Å². The highest BCUT2D eigenvalue weighted by atomic mass is 16.4. The Balaban J connectivity index is 2.12. The molecule has 0 spiro atoms. The molecule has 0 aliphatic rings. The molecule has 6 nitrogen and oxygen atoms in total. The van der Waals surface area contributed by atoms with Crippen LogP contribution in [0.25, 0.3) is 11.5 Å². The molecule has 2 rings (SSSR count). The van der Waals surface area contributed by atoms with Crippen LogP contribution in [0.1, 0.15) is 25.3 Å². The monoisotopic (exact) mass is 274 g/mol.